The molecule has 1 aliphatic rings. The Morgan fingerprint density at radius 2 is 1.95 bits per heavy atom. The summed E-state index contributed by atoms with van der Waals surface area (Å²) in [5.74, 6) is 0.893. The first-order valence-electron chi connectivity index (χ1n) is 7.59. The van der Waals surface area contributed by atoms with Gasteiger partial charge in [0.25, 0.3) is 0 Å². The minimum Gasteiger partial charge on any atom is -0.383 e. The number of benzene rings is 1. The summed E-state index contributed by atoms with van der Waals surface area (Å²) in [5, 5.41) is 3.81. The van der Waals surface area contributed by atoms with Crippen LogP contribution in [0.1, 0.15) is 50.6 Å². The standard InChI is InChI=1S/C17H27NO/c1-14-7-6-10-16(12-11-14)18-17(13-19-2)15-8-4-3-5-9-15/h3-5,8-9,14,16-18H,6-7,10-13H2,1-2H3. The Hall–Kier alpha value is -0.860. The van der Waals surface area contributed by atoms with E-state index in [0.717, 1.165) is 12.5 Å². The molecule has 0 amide bonds. The molecule has 1 aromatic carbocycles. The average molecular weight is 261 g/mol. The second-order valence-electron chi connectivity index (χ2n) is 5.90. The van der Waals surface area contributed by atoms with E-state index in [0.29, 0.717) is 12.1 Å². The molecule has 106 valence electrons. The van der Waals surface area contributed by atoms with Crippen LogP contribution >= 0.6 is 0 Å². The Morgan fingerprint density at radius 3 is 2.68 bits per heavy atom. The van der Waals surface area contributed by atoms with Crippen LogP contribution in [0.5, 0.6) is 0 Å². The Morgan fingerprint density at radius 1 is 1.16 bits per heavy atom. The largest absolute Gasteiger partial charge is 0.383 e. The fraction of sp³-hybridized carbons (Fsp3) is 0.647. The van der Waals surface area contributed by atoms with E-state index in [9.17, 15) is 0 Å². The van der Waals surface area contributed by atoms with E-state index in [1.807, 2.05) is 0 Å². The summed E-state index contributed by atoms with van der Waals surface area (Å²) < 4.78 is 5.39. The first kappa shape index (κ1) is 14.5. The molecule has 0 aliphatic heterocycles. The lowest BCUT2D eigenvalue weighted by atomic mass is 10.0. The molecule has 2 nitrogen and oxygen atoms in total. The normalized spacial score (nSPS) is 25.8. The average Bonchev–Trinajstić information content (AvgIpc) is 2.64. The van der Waals surface area contributed by atoms with Gasteiger partial charge in [0, 0.05) is 13.2 Å². The van der Waals surface area contributed by atoms with Crippen LogP contribution in [0.25, 0.3) is 0 Å². The molecule has 19 heavy (non-hydrogen) atoms. The fourth-order valence-electron chi connectivity index (χ4n) is 3.03. The van der Waals surface area contributed by atoms with Crippen LogP contribution in [0.2, 0.25) is 0 Å². The highest BCUT2D eigenvalue weighted by Crippen LogP contribution is 2.24. The quantitative estimate of drug-likeness (QED) is 0.811. The fourth-order valence-corrected chi connectivity index (χ4v) is 3.03. The monoisotopic (exact) mass is 261 g/mol. The van der Waals surface area contributed by atoms with Crippen LogP contribution < -0.4 is 5.32 Å². The first-order chi connectivity index (χ1) is 9.29. The van der Waals surface area contributed by atoms with E-state index in [-0.39, 0.29) is 0 Å². The SMILES string of the molecule is COCC(NC1CCCC(C)CC1)c1ccccc1. The van der Waals surface area contributed by atoms with Gasteiger partial charge in [0.05, 0.1) is 12.6 Å². The predicted octanol–water partition coefficient (Wildman–Crippen LogP) is 3.93. The van der Waals surface area contributed by atoms with E-state index >= 15 is 0 Å². The highest BCUT2D eigenvalue weighted by molar-refractivity contribution is 5.19. The van der Waals surface area contributed by atoms with Crippen molar-refractivity contribution in [3.63, 3.8) is 0 Å². The Labute approximate surface area is 117 Å². The minimum absolute atomic E-state index is 0.324. The van der Waals surface area contributed by atoms with Gasteiger partial charge in [-0.2, -0.15) is 0 Å². The van der Waals surface area contributed by atoms with Crippen molar-refractivity contribution >= 4 is 0 Å². The third kappa shape index (κ3) is 4.63. The van der Waals surface area contributed by atoms with Crippen LogP contribution in [0.3, 0.4) is 0 Å². The van der Waals surface area contributed by atoms with Gasteiger partial charge in [-0.05, 0) is 30.7 Å². The molecule has 0 heterocycles. The third-order valence-corrected chi connectivity index (χ3v) is 4.23. The van der Waals surface area contributed by atoms with Gasteiger partial charge in [-0.15, -0.1) is 0 Å². The molecule has 2 heteroatoms. The van der Waals surface area contributed by atoms with Crippen LogP contribution in [0.4, 0.5) is 0 Å². The van der Waals surface area contributed by atoms with Gasteiger partial charge < -0.3 is 10.1 Å². The number of rotatable bonds is 5. The van der Waals surface area contributed by atoms with Crippen molar-refractivity contribution < 1.29 is 4.74 Å². The molecule has 0 saturated heterocycles. The maximum absolute atomic E-state index is 5.39. The zero-order valence-corrected chi connectivity index (χ0v) is 12.3. The molecule has 2 rings (SSSR count). The molecular formula is C17H27NO. The summed E-state index contributed by atoms with van der Waals surface area (Å²) in [5.41, 5.74) is 1.33. The van der Waals surface area contributed by atoms with E-state index < -0.39 is 0 Å². The van der Waals surface area contributed by atoms with Crippen LogP contribution in [-0.4, -0.2) is 19.8 Å². The van der Waals surface area contributed by atoms with E-state index in [2.05, 4.69) is 42.6 Å². The van der Waals surface area contributed by atoms with Crippen LogP contribution in [0.15, 0.2) is 30.3 Å². The highest BCUT2D eigenvalue weighted by atomic mass is 16.5. The summed E-state index contributed by atoms with van der Waals surface area (Å²) in [6.45, 7) is 3.13. The number of hydrogen-bond acceptors (Lipinski definition) is 2. The molecule has 0 aromatic heterocycles. The van der Waals surface area contributed by atoms with Crippen LogP contribution in [-0.2, 0) is 4.74 Å². The molecule has 1 aliphatic carbocycles. The molecule has 1 aromatic rings. The van der Waals surface area contributed by atoms with Gasteiger partial charge in [0.15, 0.2) is 0 Å². The summed E-state index contributed by atoms with van der Waals surface area (Å²) in [6.07, 6.45) is 6.70. The molecule has 1 N–H and O–H groups in total. The Balaban J connectivity index is 1.96. The lowest BCUT2D eigenvalue weighted by Crippen LogP contribution is -2.34. The van der Waals surface area contributed by atoms with E-state index in [1.165, 1.54) is 37.7 Å². The van der Waals surface area contributed by atoms with Crippen molar-refractivity contribution in [2.45, 2.75) is 51.1 Å². The summed E-state index contributed by atoms with van der Waals surface area (Å²) in [4.78, 5) is 0. The lowest BCUT2D eigenvalue weighted by molar-refractivity contribution is 0.159. The smallest absolute Gasteiger partial charge is 0.0657 e. The van der Waals surface area contributed by atoms with Gasteiger partial charge in [-0.1, -0.05) is 50.1 Å². The minimum atomic E-state index is 0.324. The molecule has 0 spiro atoms. The molecular weight excluding hydrogens is 234 g/mol. The second-order valence-corrected chi connectivity index (χ2v) is 5.90. The number of hydrogen-bond donors (Lipinski definition) is 1. The maximum Gasteiger partial charge on any atom is 0.0657 e. The van der Waals surface area contributed by atoms with Crippen molar-refractivity contribution in [3.8, 4) is 0 Å². The number of ether oxygens (including phenoxy) is 1. The lowest BCUT2D eigenvalue weighted by Gasteiger charge is -2.25. The number of nitrogens with one attached hydrogen (secondary N) is 1. The number of methoxy groups -OCH3 is 1. The van der Waals surface area contributed by atoms with Gasteiger partial charge in [0.1, 0.15) is 0 Å². The zero-order chi connectivity index (χ0) is 13.5. The topological polar surface area (TPSA) is 21.3 Å². The zero-order valence-electron chi connectivity index (χ0n) is 12.3. The highest BCUT2D eigenvalue weighted by Gasteiger charge is 2.20. The van der Waals surface area contributed by atoms with Gasteiger partial charge >= 0.3 is 0 Å². The first-order valence-corrected chi connectivity index (χ1v) is 7.59. The van der Waals surface area contributed by atoms with E-state index in [1.54, 1.807) is 7.11 Å². The predicted molar refractivity (Wildman–Crippen MR) is 80.2 cm³/mol. The Bertz CT molecular complexity index is 352. The van der Waals surface area contributed by atoms with Crippen molar-refractivity contribution in [1.29, 1.82) is 0 Å². The Kier molecular flexibility index (Phi) is 5.87. The van der Waals surface area contributed by atoms with Crippen LogP contribution in [0, 0.1) is 5.92 Å². The van der Waals surface area contributed by atoms with Crippen molar-refractivity contribution in [3.05, 3.63) is 35.9 Å². The van der Waals surface area contributed by atoms with Gasteiger partial charge in [0.2, 0.25) is 0 Å². The molecule has 1 saturated carbocycles. The summed E-state index contributed by atoms with van der Waals surface area (Å²) >= 11 is 0. The molecule has 0 radical (unpaired) electrons. The van der Waals surface area contributed by atoms with Gasteiger partial charge in [-0.3, -0.25) is 0 Å². The molecule has 3 unspecified atom stereocenters. The summed E-state index contributed by atoms with van der Waals surface area (Å²) in [6, 6.07) is 11.6. The summed E-state index contributed by atoms with van der Waals surface area (Å²) in [7, 11) is 1.78. The molecule has 3 atom stereocenters. The molecule has 1 fully saturated rings. The van der Waals surface area contributed by atoms with Crippen molar-refractivity contribution in [1.82, 2.24) is 5.32 Å². The third-order valence-electron chi connectivity index (χ3n) is 4.23. The van der Waals surface area contributed by atoms with E-state index in [4.69, 9.17) is 4.74 Å². The molecule has 0 bridgehead atoms. The van der Waals surface area contributed by atoms with Crippen molar-refractivity contribution in [2.24, 2.45) is 5.92 Å². The maximum atomic E-state index is 5.39. The second kappa shape index (κ2) is 7.66. The van der Waals surface area contributed by atoms with Crippen molar-refractivity contribution in [2.75, 3.05) is 13.7 Å². The van der Waals surface area contributed by atoms with Gasteiger partial charge in [-0.25, -0.2) is 0 Å².